The van der Waals surface area contributed by atoms with Gasteiger partial charge in [-0.1, -0.05) is 18.2 Å². The average molecular weight is 447 g/mol. The van der Waals surface area contributed by atoms with Crippen LogP contribution >= 0.6 is 0 Å². The molecule has 0 spiro atoms. The summed E-state index contributed by atoms with van der Waals surface area (Å²) < 4.78 is 5.50. The summed E-state index contributed by atoms with van der Waals surface area (Å²) in [5.74, 6) is 0. The minimum atomic E-state index is -0.200. The molecule has 3 heterocycles. The van der Waals surface area contributed by atoms with Crippen LogP contribution in [-0.2, 0) is 11.3 Å². The van der Waals surface area contributed by atoms with Gasteiger partial charge in [0.05, 0.1) is 5.69 Å². The first kappa shape index (κ1) is 21.8. The number of anilines is 3. The quantitative estimate of drug-likeness (QED) is 0.616. The topological polar surface area (TPSA) is 39.3 Å². The molecule has 0 aromatic heterocycles. The highest BCUT2D eigenvalue weighted by Crippen LogP contribution is 2.36. The number of likely N-dealkylation sites (tertiary alicyclic amines) is 1. The largest absolute Gasteiger partial charge is 0.444 e. The smallest absolute Gasteiger partial charge is 0.414 e. The Labute approximate surface area is 197 Å². The molecule has 0 N–H and O–H groups in total. The lowest BCUT2D eigenvalue weighted by Crippen LogP contribution is -2.56. The van der Waals surface area contributed by atoms with Gasteiger partial charge >= 0.3 is 6.09 Å². The van der Waals surface area contributed by atoms with Gasteiger partial charge in [0.1, 0.15) is 12.8 Å². The molecule has 5 rings (SSSR count). The summed E-state index contributed by atoms with van der Waals surface area (Å²) in [6.45, 7) is 10.8. The second kappa shape index (κ2) is 9.10. The lowest BCUT2D eigenvalue weighted by Gasteiger charge is -2.47. The molecule has 1 atom stereocenters. The van der Waals surface area contributed by atoms with Crippen LogP contribution in [0.25, 0.3) is 0 Å². The molecule has 0 bridgehead atoms. The zero-order valence-corrected chi connectivity index (χ0v) is 19.9. The lowest BCUT2D eigenvalue weighted by molar-refractivity contribution is 0.127. The van der Waals surface area contributed by atoms with Crippen LogP contribution in [-0.4, -0.2) is 49.4 Å². The number of carbonyl (C=O) groups excluding carboxylic acids is 1. The fourth-order valence-electron chi connectivity index (χ4n) is 5.43. The first-order chi connectivity index (χ1) is 16.1. The van der Waals surface area contributed by atoms with E-state index in [0.29, 0.717) is 6.61 Å². The van der Waals surface area contributed by atoms with Gasteiger partial charge < -0.3 is 14.5 Å². The SMILES string of the molecule is CCN(CC)c1ccc(N2C=CC2N2CCC(N3C(=O)OCc4cccc(C)c43)CC2)cc1. The highest BCUT2D eigenvalue weighted by atomic mass is 16.6. The molecule has 6 heteroatoms. The van der Waals surface area contributed by atoms with E-state index in [1.807, 2.05) is 11.0 Å². The van der Waals surface area contributed by atoms with Gasteiger partial charge in [-0.05, 0) is 69.5 Å². The number of ether oxygens (including phenoxy) is 1. The van der Waals surface area contributed by atoms with Crippen molar-refractivity contribution in [3.63, 3.8) is 0 Å². The number of amides is 1. The summed E-state index contributed by atoms with van der Waals surface area (Å²) in [4.78, 5) is 21.9. The maximum Gasteiger partial charge on any atom is 0.414 e. The summed E-state index contributed by atoms with van der Waals surface area (Å²) in [5, 5.41) is 0. The number of para-hydroxylation sites is 1. The van der Waals surface area contributed by atoms with E-state index in [1.165, 1.54) is 11.4 Å². The van der Waals surface area contributed by atoms with Crippen molar-refractivity contribution in [1.29, 1.82) is 0 Å². The van der Waals surface area contributed by atoms with E-state index in [2.05, 4.69) is 84.1 Å². The number of fused-ring (bicyclic) bond motifs is 1. The Morgan fingerprint density at radius 3 is 2.39 bits per heavy atom. The lowest BCUT2D eigenvalue weighted by atomic mass is 9.98. The number of hydrogen-bond acceptors (Lipinski definition) is 5. The highest BCUT2D eigenvalue weighted by Gasteiger charge is 2.37. The van der Waals surface area contributed by atoms with Crippen molar-refractivity contribution in [1.82, 2.24) is 4.90 Å². The van der Waals surface area contributed by atoms with Crippen molar-refractivity contribution in [3.05, 3.63) is 65.9 Å². The predicted octanol–water partition coefficient (Wildman–Crippen LogP) is 5.12. The van der Waals surface area contributed by atoms with Gasteiger partial charge in [0.25, 0.3) is 0 Å². The fraction of sp³-hybridized carbons (Fsp3) is 0.444. The molecule has 1 amide bonds. The van der Waals surface area contributed by atoms with E-state index >= 15 is 0 Å². The molecule has 0 aliphatic carbocycles. The number of carbonyl (C=O) groups is 1. The first-order valence-corrected chi connectivity index (χ1v) is 12.2. The van der Waals surface area contributed by atoms with Crippen LogP contribution < -0.4 is 14.7 Å². The molecule has 1 saturated heterocycles. The maximum absolute atomic E-state index is 12.7. The molecule has 1 unspecified atom stereocenters. The third-order valence-electron chi connectivity index (χ3n) is 7.33. The molecular weight excluding hydrogens is 412 g/mol. The monoisotopic (exact) mass is 446 g/mol. The van der Waals surface area contributed by atoms with E-state index in [9.17, 15) is 4.79 Å². The molecular formula is C27H34N4O2. The number of benzene rings is 2. The molecule has 2 aromatic rings. The van der Waals surface area contributed by atoms with E-state index in [0.717, 1.165) is 55.8 Å². The van der Waals surface area contributed by atoms with Gasteiger partial charge in [0.15, 0.2) is 0 Å². The Balaban J connectivity index is 1.24. The Hall–Kier alpha value is -2.99. The van der Waals surface area contributed by atoms with Gasteiger partial charge in [-0.25, -0.2) is 4.79 Å². The average Bonchev–Trinajstić information content (AvgIpc) is 2.81. The standard InChI is InChI=1S/C27H34N4O2/c1-4-28(5-2)22-9-11-23(12-10-22)30-18-15-25(30)29-16-13-24(14-17-29)31-26-20(3)7-6-8-21(26)19-33-27(31)32/h6-12,15,18,24-25H,4-5,13-14,16-17,19H2,1-3H3. The van der Waals surface area contributed by atoms with E-state index in [-0.39, 0.29) is 18.3 Å². The van der Waals surface area contributed by atoms with Crippen molar-refractivity contribution < 1.29 is 9.53 Å². The van der Waals surface area contributed by atoms with Crippen molar-refractivity contribution in [2.24, 2.45) is 0 Å². The van der Waals surface area contributed by atoms with Gasteiger partial charge in [-0.15, -0.1) is 0 Å². The van der Waals surface area contributed by atoms with Crippen molar-refractivity contribution in [2.75, 3.05) is 40.9 Å². The number of piperidine rings is 1. The molecule has 0 saturated carbocycles. The van der Waals surface area contributed by atoms with Crippen molar-refractivity contribution >= 4 is 23.2 Å². The Morgan fingerprint density at radius 2 is 1.76 bits per heavy atom. The molecule has 6 nitrogen and oxygen atoms in total. The molecule has 174 valence electrons. The third-order valence-corrected chi connectivity index (χ3v) is 7.33. The Kier molecular flexibility index (Phi) is 6.02. The van der Waals surface area contributed by atoms with Crippen LogP contribution in [0.4, 0.5) is 21.9 Å². The van der Waals surface area contributed by atoms with Crippen molar-refractivity contribution in [2.45, 2.75) is 52.4 Å². The fourth-order valence-corrected chi connectivity index (χ4v) is 5.43. The Morgan fingerprint density at radius 1 is 1.03 bits per heavy atom. The van der Waals surface area contributed by atoms with Gasteiger partial charge in [0, 0.05) is 55.4 Å². The Bertz CT molecular complexity index is 1020. The molecule has 1 fully saturated rings. The van der Waals surface area contributed by atoms with Crippen LogP contribution in [0.5, 0.6) is 0 Å². The number of cyclic esters (lactones) is 1. The predicted molar refractivity (Wildman–Crippen MR) is 134 cm³/mol. The van der Waals surface area contributed by atoms with Crippen LogP contribution in [0, 0.1) is 6.92 Å². The summed E-state index contributed by atoms with van der Waals surface area (Å²) in [7, 11) is 0. The van der Waals surface area contributed by atoms with Crippen molar-refractivity contribution in [3.8, 4) is 0 Å². The summed E-state index contributed by atoms with van der Waals surface area (Å²) in [5.41, 5.74) is 5.82. The van der Waals surface area contributed by atoms with Gasteiger partial charge in [-0.2, -0.15) is 0 Å². The zero-order valence-electron chi connectivity index (χ0n) is 19.9. The number of aryl methyl sites for hydroxylation is 1. The first-order valence-electron chi connectivity index (χ1n) is 12.2. The maximum atomic E-state index is 12.7. The third kappa shape index (κ3) is 3.97. The van der Waals surface area contributed by atoms with Gasteiger partial charge in [0.2, 0.25) is 0 Å². The molecule has 3 aliphatic rings. The minimum Gasteiger partial charge on any atom is -0.444 e. The number of rotatable bonds is 6. The highest BCUT2D eigenvalue weighted by molar-refractivity contribution is 5.92. The number of hydrogen-bond donors (Lipinski definition) is 0. The van der Waals surface area contributed by atoms with E-state index in [4.69, 9.17) is 4.74 Å². The molecule has 33 heavy (non-hydrogen) atoms. The van der Waals surface area contributed by atoms with Crippen LogP contribution in [0.1, 0.15) is 37.8 Å². The van der Waals surface area contributed by atoms with Crippen LogP contribution in [0.15, 0.2) is 54.7 Å². The summed E-state index contributed by atoms with van der Waals surface area (Å²) >= 11 is 0. The van der Waals surface area contributed by atoms with E-state index in [1.54, 1.807) is 0 Å². The van der Waals surface area contributed by atoms with Gasteiger partial charge in [-0.3, -0.25) is 9.80 Å². The number of nitrogens with zero attached hydrogens (tertiary/aromatic N) is 4. The minimum absolute atomic E-state index is 0.180. The molecule has 2 aromatic carbocycles. The second-order valence-corrected chi connectivity index (χ2v) is 9.13. The molecule has 3 aliphatic heterocycles. The van der Waals surface area contributed by atoms with Crippen LogP contribution in [0.3, 0.4) is 0 Å². The normalized spacial score (nSPS) is 20.9. The summed E-state index contributed by atoms with van der Waals surface area (Å²) in [6, 6.07) is 15.3. The second-order valence-electron chi connectivity index (χ2n) is 9.13. The van der Waals surface area contributed by atoms with E-state index < -0.39 is 0 Å². The zero-order chi connectivity index (χ0) is 22.9. The summed E-state index contributed by atoms with van der Waals surface area (Å²) in [6.07, 6.45) is 6.42. The van der Waals surface area contributed by atoms with Crippen LogP contribution in [0.2, 0.25) is 0 Å². The molecule has 0 radical (unpaired) electrons.